The van der Waals surface area contributed by atoms with Gasteiger partial charge in [-0.1, -0.05) is 48.5 Å². The van der Waals surface area contributed by atoms with Crippen molar-refractivity contribution in [2.75, 3.05) is 11.5 Å². The zero-order valence-electron chi connectivity index (χ0n) is 13.0. The van der Waals surface area contributed by atoms with Crippen LogP contribution in [0.15, 0.2) is 54.6 Å². The number of benzene rings is 2. The van der Waals surface area contributed by atoms with Crippen molar-refractivity contribution < 1.29 is 9.90 Å². The maximum absolute atomic E-state index is 13.0. The molecule has 0 fully saturated rings. The lowest BCUT2D eigenvalue weighted by Crippen LogP contribution is -2.39. The van der Waals surface area contributed by atoms with Crippen LogP contribution in [0.4, 0.5) is 5.69 Å². The van der Waals surface area contributed by atoms with Gasteiger partial charge in [0.1, 0.15) is 0 Å². The maximum atomic E-state index is 13.0. The Morgan fingerprint density at radius 3 is 2.36 bits per heavy atom. The summed E-state index contributed by atoms with van der Waals surface area (Å²) in [6, 6.07) is 17.7. The van der Waals surface area contributed by atoms with Gasteiger partial charge in [0.2, 0.25) is 5.91 Å². The average Bonchev–Trinajstić information content (AvgIpc) is 2.74. The summed E-state index contributed by atoms with van der Waals surface area (Å²) in [7, 11) is 0. The lowest BCUT2D eigenvalue weighted by molar-refractivity contribution is -0.122. The Balaban J connectivity index is 2.11. The molecule has 1 N–H and O–H groups in total. The molecule has 22 heavy (non-hydrogen) atoms. The van der Waals surface area contributed by atoms with Crippen molar-refractivity contribution in [2.24, 2.45) is 0 Å². The van der Waals surface area contributed by atoms with E-state index < -0.39 is 5.41 Å². The number of hydrogen-bond acceptors (Lipinski definition) is 2. The van der Waals surface area contributed by atoms with Gasteiger partial charge in [-0.05, 0) is 37.5 Å². The van der Waals surface area contributed by atoms with E-state index in [1.807, 2.05) is 73.3 Å². The monoisotopic (exact) mass is 295 g/mol. The van der Waals surface area contributed by atoms with Crippen LogP contribution in [0.3, 0.4) is 0 Å². The summed E-state index contributed by atoms with van der Waals surface area (Å²) in [4.78, 5) is 14.9. The van der Waals surface area contributed by atoms with E-state index in [0.29, 0.717) is 6.42 Å². The second kappa shape index (κ2) is 5.58. The molecular weight excluding hydrogens is 274 g/mol. The first-order chi connectivity index (χ1) is 10.6. The molecule has 0 bridgehead atoms. The lowest BCUT2D eigenvalue weighted by atomic mass is 9.86. The molecule has 1 unspecified atom stereocenters. The van der Waals surface area contributed by atoms with Crippen molar-refractivity contribution in [2.45, 2.75) is 31.7 Å². The first kappa shape index (κ1) is 14.8. The number of para-hydroxylation sites is 1. The summed E-state index contributed by atoms with van der Waals surface area (Å²) >= 11 is 0. The van der Waals surface area contributed by atoms with Crippen LogP contribution >= 0.6 is 0 Å². The second-order valence-electron chi connectivity index (χ2n) is 6.26. The first-order valence-electron chi connectivity index (χ1n) is 7.66. The molecule has 0 aliphatic carbocycles. The summed E-state index contributed by atoms with van der Waals surface area (Å²) in [6.07, 6.45) is 0.528. The zero-order chi connectivity index (χ0) is 15.7. The Kier molecular flexibility index (Phi) is 3.75. The third-order valence-electron chi connectivity index (χ3n) is 4.49. The van der Waals surface area contributed by atoms with Gasteiger partial charge in [-0.3, -0.25) is 4.79 Å². The smallest absolute Gasteiger partial charge is 0.237 e. The molecule has 0 spiro atoms. The number of hydrogen-bond donors (Lipinski definition) is 1. The van der Waals surface area contributed by atoms with Gasteiger partial charge in [-0.2, -0.15) is 0 Å². The molecule has 1 amide bonds. The van der Waals surface area contributed by atoms with Gasteiger partial charge in [-0.15, -0.1) is 0 Å². The van der Waals surface area contributed by atoms with Crippen LogP contribution in [0.25, 0.3) is 0 Å². The highest BCUT2D eigenvalue weighted by atomic mass is 16.3. The zero-order valence-corrected chi connectivity index (χ0v) is 13.0. The van der Waals surface area contributed by atoms with E-state index in [9.17, 15) is 9.90 Å². The van der Waals surface area contributed by atoms with Gasteiger partial charge in [-0.25, -0.2) is 0 Å². The molecule has 1 aliphatic heterocycles. The van der Waals surface area contributed by atoms with Gasteiger partial charge in [0.15, 0.2) is 0 Å². The average molecular weight is 295 g/mol. The third-order valence-corrected chi connectivity index (χ3v) is 4.49. The molecule has 0 aromatic heterocycles. The fourth-order valence-electron chi connectivity index (χ4n) is 3.29. The summed E-state index contributed by atoms with van der Waals surface area (Å²) in [6.45, 7) is 3.98. The van der Waals surface area contributed by atoms with Crippen molar-refractivity contribution in [1.82, 2.24) is 0 Å². The lowest BCUT2D eigenvalue weighted by Gasteiger charge is -2.30. The number of aliphatic hydroxyl groups excluding tert-OH is 1. The maximum Gasteiger partial charge on any atom is 0.237 e. The fourth-order valence-corrected chi connectivity index (χ4v) is 3.29. The number of amides is 1. The molecule has 1 heterocycles. The van der Waals surface area contributed by atoms with Gasteiger partial charge < -0.3 is 10.0 Å². The van der Waals surface area contributed by atoms with Crippen molar-refractivity contribution in [1.29, 1.82) is 0 Å². The van der Waals surface area contributed by atoms with E-state index in [2.05, 4.69) is 0 Å². The molecule has 0 saturated carbocycles. The van der Waals surface area contributed by atoms with Crippen molar-refractivity contribution in [3.05, 3.63) is 65.7 Å². The minimum Gasteiger partial charge on any atom is -0.396 e. The number of anilines is 1. The minimum atomic E-state index is -0.529. The predicted molar refractivity (Wildman–Crippen MR) is 87.8 cm³/mol. The van der Waals surface area contributed by atoms with Gasteiger partial charge in [0.25, 0.3) is 0 Å². The van der Waals surface area contributed by atoms with Gasteiger partial charge >= 0.3 is 0 Å². The largest absolute Gasteiger partial charge is 0.396 e. The molecule has 1 atom stereocenters. The van der Waals surface area contributed by atoms with Crippen LogP contribution in [0, 0.1) is 0 Å². The van der Waals surface area contributed by atoms with E-state index in [-0.39, 0.29) is 18.6 Å². The molecule has 2 aromatic rings. The topological polar surface area (TPSA) is 40.5 Å². The number of fused-ring (bicyclic) bond motifs is 1. The van der Waals surface area contributed by atoms with Crippen molar-refractivity contribution in [3.63, 3.8) is 0 Å². The SMILES string of the molecule is CC1(C)C(=O)N(C(CCO)c2ccccc2)c2ccccc21. The molecule has 114 valence electrons. The molecular formula is C19H21NO2. The van der Waals surface area contributed by atoms with E-state index in [1.54, 1.807) is 0 Å². The highest BCUT2D eigenvalue weighted by molar-refractivity contribution is 6.08. The van der Waals surface area contributed by atoms with Crippen LogP contribution in [0.2, 0.25) is 0 Å². The Bertz CT molecular complexity index is 679. The summed E-state index contributed by atoms with van der Waals surface area (Å²) < 4.78 is 0. The Morgan fingerprint density at radius 1 is 1.05 bits per heavy atom. The highest BCUT2D eigenvalue weighted by Gasteiger charge is 2.46. The van der Waals surface area contributed by atoms with E-state index in [0.717, 1.165) is 16.8 Å². The molecule has 0 saturated heterocycles. The molecule has 0 radical (unpaired) electrons. The fraction of sp³-hybridized carbons (Fsp3) is 0.316. The van der Waals surface area contributed by atoms with E-state index >= 15 is 0 Å². The Morgan fingerprint density at radius 2 is 1.68 bits per heavy atom. The van der Waals surface area contributed by atoms with Crippen molar-refractivity contribution in [3.8, 4) is 0 Å². The second-order valence-corrected chi connectivity index (χ2v) is 6.26. The van der Waals surface area contributed by atoms with Gasteiger partial charge in [0.05, 0.1) is 11.5 Å². The van der Waals surface area contributed by atoms with E-state index in [4.69, 9.17) is 0 Å². The molecule has 1 aliphatic rings. The predicted octanol–water partition coefficient (Wildman–Crippen LogP) is 3.43. The van der Waals surface area contributed by atoms with Crippen molar-refractivity contribution >= 4 is 11.6 Å². The number of carbonyl (C=O) groups is 1. The number of nitrogens with zero attached hydrogens (tertiary/aromatic N) is 1. The summed E-state index contributed by atoms with van der Waals surface area (Å²) in [5.41, 5.74) is 2.54. The number of aliphatic hydroxyl groups is 1. The molecule has 2 aromatic carbocycles. The van der Waals surface area contributed by atoms with Crippen LogP contribution in [0.5, 0.6) is 0 Å². The number of carbonyl (C=O) groups excluding carboxylic acids is 1. The van der Waals surface area contributed by atoms with E-state index in [1.165, 1.54) is 0 Å². The molecule has 3 nitrogen and oxygen atoms in total. The summed E-state index contributed by atoms with van der Waals surface area (Å²) in [5.74, 6) is 0.0935. The van der Waals surface area contributed by atoms with Crippen LogP contribution < -0.4 is 4.90 Å². The van der Waals surface area contributed by atoms with Crippen LogP contribution in [-0.2, 0) is 10.2 Å². The third kappa shape index (κ3) is 2.22. The first-order valence-corrected chi connectivity index (χ1v) is 7.66. The standard InChI is InChI=1S/C19H21NO2/c1-19(2)15-10-6-7-11-17(15)20(18(19)22)16(12-13-21)14-8-4-3-5-9-14/h3-11,16,21H,12-13H2,1-2H3. The Labute approximate surface area is 131 Å². The highest BCUT2D eigenvalue weighted by Crippen LogP contribution is 2.45. The van der Waals surface area contributed by atoms with Crippen LogP contribution in [-0.4, -0.2) is 17.6 Å². The van der Waals surface area contributed by atoms with Crippen LogP contribution in [0.1, 0.15) is 37.4 Å². The minimum absolute atomic E-state index is 0.0476. The Hall–Kier alpha value is -2.13. The van der Waals surface area contributed by atoms with Gasteiger partial charge in [0, 0.05) is 12.3 Å². The molecule has 3 rings (SSSR count). The molecule has 3 heteroatoms. The quantitative estimate of drug-likeness (QED) is 0.938. The summed E-state index contributed by atoms with van der Waals surface area (Å²) in [5, 5.41) is 9.48. The normalized spacial score (nSPS) is 17.4. The number of rotatable bonds is 4.